The first-order valence-electron chi connectivity index (χ1n) is 3.72. The van der Waals surface area contributed by atoms with Crippen LogP contribution in [0.3, 0.4) is 0 Å². The van der Waals surface area contributed by atoms with Crippen molar-refractivity contribution in [3.63, 3.8) is 0 Å². The number of ether oxygens (including phenoxy) is 1. The molecule has 1 heterocycles. The monoisotopic (exact) mass is 223 g/mol. The summed E-state index contributed by atoms with van der Waals surface area (Å²) >= 11 is 5.48. The zero-order valence-electron chi connectivity index (χ0n) is 7.30. The Balaban J connectivity index is 2.77. The lowest BCUT2D eigenvalue weighted by atomic mass is 10.5. The highest BCUT2D eigenvalue weighted by Crippen LogP contribution is 2.21. The van der Waals surface area contributed by atoms with Gasteiger partial charge >= 0.3 is 0 Å². The van der Waals surface area contributed by atoms with E-state index in [-0.39, 0.29) is 16.9 Å². The predicted octanol–water partition coefficient (Wildman–Crippen LogP) is 1.82. The molecular weight excluding hydrogens is 216 g/mol. The second-order valence-electron chi connectivity index (χ2n) is 2.33. The van der Waals surface area contributed by atoms with Crippen molar-refractivity contribution in [3.8, 4) is 5.75 Å². The second kappa shape index (κ2) is 4.90. The van der Waals surface area contributed by atoms with Crippen LogP contribution in [0, 0.1) is 0 Å². The van der Waals surface area contributed by atoms with Crippen LogP contribution in [0.4, 0.5) is 14.6 Å². The van der Waals surface area contributed by atoms with Crippen LogP contribution in [-0.2, 0) is 0 Å². The normalized spacial score (nSPS) is 10.4. The van der Waals surface area contributed by atoms with Crippen LogP contribution in [0.1, 0.15) is 0 Å². The molecule has 0 aliphatic heterocycles. The van der Waals surface area contributed by atoms with E-state index >= 15 is 0 Å². The van der Waals surface area contributed by atoms with Gasteiger partial charge in [0.1, 0.15) is 0 Å². The van der Waals surface area contributed by atoms with Gasteiger partial charge in [-0.3, -0.25) is 0 Å². The lowest BCUT2D eigenvalue weighted by Crippen LogP contribution is -2.12. The van der Waals surface area contributed by atoms with Crippen molar-refractivity contribution in [2.24, 2.45) is 0 Å². The molecule has 0 aliphatic carbocycles. The fraction of sp³-hybridized carbons (Fsp3) is 0.429. The van der Waals surface area contributed by atoms with E-state index < -0.39 is 13.0 Å². The average Bonchev–Trinajstić information content (AvgIpc) is 2.15. The maximum Gasteiger partial charge on any atom is 0.255 e. The molecule has 0 bridgehead atoms. The minimum Gasteiger partial charge on any atom is -0.491 e. The molecule has 0 saturated heterocycles. The standard InChI is InChI=1S/C7H8ClF2N3O/c1-14-4-2-12-7(8)13-6(4)11-3-5(9)10/h2,5H,3H2,1H3,(H,11,12,13). The molecule has 7 heteroatoms. The van der Waals surface area contributed by atoms with Gasteiger partial charge in [0.2, 0.25) is 5.28 Å². The summed E-state index contributed by atoms with van der Waals surface area (Å²) in [6, 6.07) is 0. The van der Waals surface area contributed by atoms with Gasteiger partial charge in [0.25, 0.3) is 6.43 Å². The number of hydrogen-bond acceptors (Lipinski definition) is 4. The van der Waals surface area contributed by atoms with Crippen molar-refractivity contribution in [1.29, 1.82) is 0 Å². The molecule has 1 rings (SSSR count). The Morgan fingerprint density at radius 3 is 2.93 bits per heavy atom. The molecule has 0 aliphatic rings. The highest BCUT2D eigenvalue weighted by atomic mass is 35.5. The Kier molecular flexibility index (Phi) is 3.82. The number of hydrogen-bond donors (Lipinski definition) is 1. The van der Waals surface area contributed by atoms with Gasteiger partial charge in [0.05, 0.1) is 19.9 Å². The smallest absolute Gasteiger partial charge is 0.255 e. The Morgan fingerprint density at radius 1 is 1.64 bits per heavy atom. The number of nitrogens with one attached hydrogen (secondary N) is 1. The molecule has 0 spiro atoms. The quantitative estimate of drug-likeness (QED) is 0.791. The lowest BCUT2D eigenvalue weighted by Gasteiger charge is -2.08. The first-order valence-corrected chi connectivity index (χ1v) is 4.10. The summed E-state index contributed by atoms with van der Waals surface area (Å²) in [5, 5.41) is 2.37. The van der Waals surface area contributed by atoms with Gasteiger partial charge in [0.15, 0.2) is 11.6 Å². The highest BCUT2D eigenvalue weighted by molar-refractivity contribution is 6.28. The molecule has 78 valence electrons. The van der Waals surface area contributed by atoms with Crippen LogP contribution >= 0.6 is 11.6 Å². The maximum atomic E-state index is 11.9. The minimum absolute atomic E-state index is 0.0254. The molecule has 0 aromatic carbocycles. The van der Waals surface area contributed by atoms with Crippen LogP contribution in [0.15, 0.2) is 6.20 Å². The Bertz CT molecular complexity index is 311. The summed E-state index contributed by atoms with van der Waals surface area (Å²) in [6.07, 6.45) is -1.16. The van der Waals surface area contributed by atoms with Crippen LogP contribution in [-0.4, -0.2) is 30.0 Å². The largest absolute Gasteiger partial charge is 0.491 e. The summed E-state index contributed by atoms with van der Waals surface area (Å²) in [5.74, 6) is 0.433. The number of anilines is 1. The van der Waals surface area contributed by atoms with E-state index in [0.29, 0.717) is 0 Å². The molecule has 0 radical (unpaired) electrons. The molecule has 1 aromatic heterocycles. The zero-order chi connectivity index (χ0) is 10.6. The van der Waals surface area contributed by atoms with Crippen LogP contribution < -0.4 is 10.1 Å². The SMILES string of the molecule is COc1cnc(Cl)nc1NCC(F)F. The Morgan fingerprint density at radius 2 is 2.36 bits per heavy atom. The maximum absolute atomic E-state index is 11.9. The molecule has 0 fully saturated rings. The molecule has 14 heavy (non-hydrogen) atoms. The molecule has 0 unspecified atom stereocenters. The van der Waals surface area contributed by atoms with Gasteiger partial charge in [-0.05, 0) is 11.6 Å². The Labute approximate surface area is 84.3 Å². The first-order chi connectivity index (χ1) is 6.63. The lowest BCUT2D eigenvalue weighted by molar-refractivity contribution is 0.163. The summed E-state index contributed by atoms with van der Waals surface area (Å²) in [4.78, 5) is 7.34. The molecule has 1 aromatic rings. The number of aromatic nitrogens is 2. The summed E-state index contributed by atoms with van der Waals surface area (Å²) in [5.41, 5.74) is 0. The number of nitrogens with zero attached hydrogens (tertiary/aromatic N) is 2. The van der Waals surface area contributed by atoms with E-state index in [2.05, 4.69) is 15.3 Å². The topological polar surface area (TPSA) is 47.0 Å². The highest BCUT2D eigenvalue weighted by Gasteiger charge is 2.08. The zero-order valence-corrected chi connectivity index (χ0v) is 8.05. The van der Waals surface area contributed by atoms with Crippen molar-refractivity contribution >= 4 is 17.4 Å². The minimum atomic E-state index is -2.46. The molecule has 1 N–H and O–H groups in total. The van der Waals surface area contributed by atoms with E-state index in [1.165, 1.54) is 13.3 Å². The molecule has 4 nitrogen and oxygen atoms in total. The van der Waals surface area contributed by atoms with Crippen LogP contribution in [0.2, 0.25) is 5.28 Å². The van der Waals surface area contributed by atoms with Gasteiger partial charge in [0, 0.05) is 0 Å². The van der Waals surface area contributed by atoms with E-state index in [1.54, 1.807) is 0 Å². The summed E-state index contributed by atoms with van der Waals surface area (Å²) in [6.45, 7) is -0.510. The van der Waals surface area contributed by atoms with Crippen molar-refractivity contribution in [2.45, 2.75) is 6.43 Å². The third kappa shape index (κ3) is 2.95. The first kappa shape index (κ1) is 10.9. The van der Waals surface area contributed by atoms with Crippen LogP contribution in [0.25, 0.3) is 0 Å². The van der Waals surface area contributed by atoms with Gasteiger partial charge in [-0.2, -0.15) is 4.98 Å². The summed E-state index contributed by atoms with van der Waals surface area (Å²) in [7, 11) is 1.39. The third-order valence-electron chi connectivity index (χ3n) is 1.37. The number of halogens is 3. The predicted molar refractivity (Wildman–Crippen MR) is 48.1 cm³/mol. The fourth-order valence-electron chi connectivity index (χ4n) is 0.799. The molecule has 0 saturated carbocycles. The summed E-state index contributed by atoms with van der Waals surface area (Å²) < 4.78 is 28.6. The number of rotatable bonds is 4. The van der Waals surface area contributed by atoms with Crippen molar-refractivity contribution in [1.82, 2.24) is 9.97 Å². The van der Waals surface area contributed by atoms with Gasteiger partial charge in [-0.25, -0.2) is 13.8 Å². The van der Waals surface area contributed by atoms with E-state index in [1.807, 2.05) is 0 Å². The van der Waals surface area contributed by atoms with Crippen LogP contribution in [0.5, 0.6) is 5.75 Å². The van der Waals surface area contributed by atoms with E-state index in [9.17, 15) is 8.78 Å². The van der Waals surface area contributed by atoms with Gasteiger partial charge < -0.3 is 10.1 Å². The fourth-order valence-corrected chi connectivity index (χ4v) is 0.932. The number of methoxy groups -OCH3 is 1. The third-order valence-corrected chi connectivity index (χ3v) is 1.55. The number of alkyl halides is 2. The molecule has 0 atom stereocenters. The average molecular weight is 224 g/mol. The van der Waals surface area contributed by atoms with Crippen molar-refractivity contribution in [3.05, 3.63) is 11.5 Å². The van der Waals surface area contributed by atoms with Crippen molar-refractivity contribution < 1.29 is 13.5 Å². The van der Waals surface area contributed by atoms with Gasteiger partial charge in [-0.15, -0.1) is 0 Å². The molecular formula is C7H8ClF2N3O. The molecule has 0 amide bonds. The van der Waals surface area contributed by atoms with E-state index in [0.717, 1.165) is 0 Å². The second-order valence-corrected chi connectivity index (χ2v) is 2.67. The van der Waals surface area contributed by atoms with Crippen molar-refractivity contribution in [2.75, 3.05) is 19.0 Å². The Hall–Kier alpha value is -1.17. The van der Waals surface area contributed by atoms with E-state index in [4.69, 9.17) is 16.3 Å². The van der Waals surface area contributed by atoms with Gasteiger partial charge in [-0.1, -0.05) is 0 Å².